The Labute approximate surface area is 107 Å². The van der Waals surface area contributed by atoms with E-state index in [-0.39, 0.29) is 18.0 Å². The molecule has 2 aliphatic rings. The lowest BCUT2D eigenvalue weighted by molar-refractivity contribution is -0.239. The van der Waals surface area contributed by atoms with Crippen LogP contribution in [0.5, 0.6) is 0 Å². The molecule has 6 atom stereocenters. The summed E-state index contributed by atoms with van der Waals surface area (Å²) in [5.41, 5.74) is 0. The molecule has 2 heterocycles. The van der Waals surface area contributed by atoms with Gasteiger partial charge in [0.05, 0.1) is 18.3 Å². The van der Waals surface area contributed by atoms with Gasteiger partial charge in [0.25, 0.3) is 0 Å². The Balaban J connectivity index is 1.96. The van der Waals surface area contributed by atoms with Crippen molar-refractivity contribution < 1.29 is 24.1 Å². The SMILES string of the molecule is CC1OC(OC2C(O)C[C@H](C)OC2C)C=CC1=O. The Morgan fingerprint density at radius 2 is 2.06 bits per heavy atom. The highest BCUT2D eigenvalue weighted by Crippen LogP contribution is 2.25. The maximum Gasteiger partial charge on any atom is 0.184 e. The molecule has 5 unspecified atom stereocenters. The van der Waals surface area contributed by atoms with Gasteiger partial charge in [-0.3, -0.25) is 4.79 Å². The maximum atomic E-state index is 11.3. The van der Waals surface area contributed by atoms with E-state index in [0.717, 1.165) is 0 Å². The van der Waals surface area contributed by atoms with Gasteiger partial charge in [-0.25, -0.2) is 0 Å². The quantitative estimate of drug-likeness (QED) is 0.791. The van der Waals surface area contributed by atoms with E-state index in [0.29, 0.717) is 6.42 Å². The Morgan fingerprint density at radius 3 is 2.67 bits per heavy atom. The Morgan fingerprint density at radius 1 is 1.33 bits per heavy atom. The largest absolute Gasteiger partial charge is 0.390 e. The minimum Gasteiger partial charge on any atom is -0.390 e. The minimum atomic E-state index is -0.600. The van der Waals surface area contributed by atoms with Crippen molar-refractivity contribution in [3.8, 4) is 0 Å². The van der Waals surface area contributed by atoms with Crippen LogP contribution in [0.3, 0.4) is 0 Å². The number of aliphatic hydroxyl groups is 1. The van der Waals surface area contributed by atoms with Crippen molar-refractivity contribution in [1.29, 1.82) is 0 Å². The number of aliphatic hydroxyl groups excluding tert-OH is 1. The molecule has 18 heavy (non-hydrogen) atoms. The standard InChI is InChI=1S/C13H20O5/c1-7-6-11(15)13(9(3)16-7)18-12-5-4-10(14)8(2)17-12/h4-5,7-9,11-13,15H,6H2,1-3H3/t7-,8?,9?,11?,12?,13?/m0/s1. The average Bonchev–Trinajstić information content (AvgIpc) is 2.28. The summed E-state index contributed by atoms with van der Waals surface area (Å²) in [7, 11) is 0. The number of hydrogen-bond donors (Lipinski definition) is 1. The molecule has 1 N–H and O–H groups in total. The number of carbonyl (C=O) groups is 1. The third-order valence-electron chi connectivity index (χ3n) is 3.31. The number of hydrogen-bond acceptors (Lipinski definition) is 5. The molecule has 102 valence electrons. The lowest BCUT2D eigenvalue weighted by Gasteiger charge is -2.38. The summed E-state index contributed by atoms with van der Waals surface area (Å²) in [5.74, 6) is -0.0723. The molecule has 2 rings (SSSR count). The topological polar surface area (TPSA) is 65.0 Å². The van der Waals surface area contributed by atoms with Crippen molar-refractivity contribution in [2.24, 2.45) is 0 Å². The third kappa shape index (κ3) is 2.98. The first-order chi connectivity index (χ1) is 8.47. The van der Waals surface area contributed by atoms with Crippen molar-refractivity contribution in [2.45, 2.75) is 64.0 Å². The summed E-state index contributed by atoms with van der Waals surface area (Å²) in [6.45, 7) is 5.47. The molecule has 0 aromatic rings. The molecule has 0 aliphatic carbocycles. The van der Waals surface area contributed by atoms with Gasteiger partial charge in [-0.1, -0.05) is 0 Å². The molecule has 0 radical (unpaired) electrons. The van der Waals surface area contributed by atoms with Crippen LogP contribution in [0, 0.1) is 0 Å². The molecule has 0 spiro atoms. The summed E-state index contributed by atoms with van der Waals surface area (Å²) < 4.78 is 16.7. The molecule has 1 fully saturated rings. The fourth-order valence-corrected chi connectivity index (χ4v) is 2.34. The number of ketones is 1. The van der Waals surface area contributed by atoms with Crippen molar-refractivity contribution in [3.63, 3.8) is 0 Å². The van der Waals surface area contributed by atoms with Crippen LogP contribution in [0.15, 0.2) is 12.2 Å². The molecule has 0 amide bonds. The molecular weight excluding hydrogens is 236 g/mol. The molecule has 0 bridgehead atoms. The van der Waals surface area contributed by atoms with Gasteiger partial charge in [0.15, 0.2) is 12.1 Å². The van der Waals surface area contributed by atoms with Crippen LogP contribution in [-0.2, 0) is 19.0 Å². The summed E-state index contributed by atoms with van der Waals surface area (Å²) in [5, 5.41) is 10.0. The first-order valence-corrected chi connectivity index (χ1v) is 6.34. The molecular formula is C13H20O5. The average molecular weight is 256 g/mol. The van der Waals surface area contributed by atoms with Crippen LogP contribution >= 0.6 is 0 Å². The van der Waals surface area contributed by atoms with Gasteiger partial charge in [0.1, 0.15) is 12.2 Å². The van der Waals surface area contributed by atoms with Gasteiger partial charge in [0, 0.05) is 6.42 Å². The van der Waals surface area contributed by atoms with Crippen LogP contribution in [0.4, 0.5) is 0 Å². The van der Waals surface area contributed by atoms with Crippen molar-refractivity contribution in [2.75, 3.05) is 0 Å². The fourth-order valence-electron chi connectivity index (χ4n) is 2.34. The van der Waals surface area contributed by atoms with Crippen molar-refractivity contribution >= 4 is 5.78 Å². The zero-order chi connectivity index (χ0) is 13.3. The normalized spacial score (nSPS) is 45.2. The number of rotatable bonds is 2. The molecule has 0 aromatic heterocycles. The lowest BCUT2D eigenvalue weighted by Crippen LogP contribution is -2.49. The van der Waals surface area contributed by atoms with E-state index in [1.807, 2.05) is 13.8 Å². The zero-order valence-corrected chi connectivity index (χ0v) is 10.9. The van der Waals surface area contributed by atoms with E-state index >= 15 is 0 Å². The summed E-state index contributed by atoms with van der Waals surface area (Å²) in [4.78, 5) is 11.3. The Hall–Kier alpha value is -0.750. The van der Waals surface area contributed by atoms with E-state index < -0.39 is 24.6 Å². The Kier molecular flexibility index (Phi) is 4.17. The molecule has 0 aromatic carbocycles. The maximum absolute atomic E-state index is 11.3. The summed E-state index contributed by atoms with van der Waals surface area (Å²) in [6, 6.07) is 0. The van der Waals surface area contributed by atoms with Crippen molar-refractivity contribution in [1.82, 2.24) is 0 Å². The second kappa shape index (κ2) is 5.48. The molecule has 5 nitrogen and oxygen atoms in total. The van der Waals surface area contributed by atoms with E-state index in [1.54, 1.807) is 13.0 Å². The highest BCUT2D eigenvalue weighted by Gasteiger charge is 2.37. The second-order valence-electron chi connectivity index (χ2n) is 4.96. The predicted octanol–water partition coefficient (Wildman–Crippen LogP) is 0.800. The minimum absolute atomic E-state index is 0.0261. The Bertz CT molecular complexity index is 328. The molecule has 1 saturated heterocycles. The monoisotopic (exact) mass is 256 g/mol. The van der Waals surface area contributed by atoms with Crippen LogP contribution in [-0.4, -0.2) is 47.7 Å². The molecule has 2 aliphatic heterocycles. The van der Waals surface area contributed by atoms with Gasteiger partial charge in [-0.15, -0.1) is 0 Å². The molecule has 0 saturated carbocycles. The van der Waals surface area contributed by atoms with E-state index in [1.165, 1.54) is 6.08 Å². The lowest BCUT2D eigenvalue weighted by atomic mass is 9.99. The van der Waals surface area contributed by atoms with E-state index in [2.05, 4.69) is 0 Å². The van der Waals surface area contributed by atoms with Crippen LogP contribution in [0.1, 0.15) is 27.2 Å². The first kappa shape index (κ1) is 13.7. The van der Waals surface area contributed by atoms with Crippen molar-refractivity contribution in [3.05, 3.63) is 12.2 Å². The fraction of sp³-hybridized carbons (Fsp3) is 0.769. The van der Waals surface area contributed by atoms with Gasteiger partial charge < -0.3 is 19.3 Å². The van der Waals surface area contributed by atoms with Crippen LogP contribution in [0.2, 0.25) is 0 Å². The third-order valence-corrected chi connectivity index (χ3v) is 3.31. The van der Waals surface area contributed by atoms with Crippen LogP contribution in [0.25, 0.3) is 0 Å². The predicted molar refractivity (Wildman–Crippen MR) is 64.0 cm³/mol. The first-order valence-electron chi connectivity index (χ1n) is 6.34. The highest BCUT2D eigenvalue weighted by atomic mass is 16.7. The molecule has 5 heteroatoms. The van der Waals surface area contributed by atoms with Gasteiger partial charge in [0.2, 0.25) is 0 Å². The van der Waals surface area contributed by atoms with E-state index in [4.69, 9.17) is 14.2 Å². The summed E-state index contributed by atoms with van der Waals surface area (Å²) in [6.07, 6.45) is 1.28. The van der Waals surface area contributed by atoms with Gasteiger partial charge in [-0.05, 0) is 32.9 Å². The van der Waals surface area contributed by atoms with E-state index in [9.17, 15) is 9.90 Å². The highest BCUT2D eigenvalue weighted by molar-refractivity contribution is 5.93. The zero-order valence-electron chi connectivity index (χ0n) is 10.9. The van der Waals surface area contributed by atoms with Crippen LogP contribution < -0.4 is 0 Å². The number of carbonyl (C=O) groups excluding carboxylic acids is 1. The number of ether oxygens (including phenoxy) is 3. The van der Waals surface area contributed by atoms with Gasteiger partial charge in [-0.2, -0.15) is 0 Å². The summed E-state index contributed by atoms with van der Waals surface area (Å²) >= 11 is 0. The smallest absolute Gasteiger partial charge is 0.184 e. The second-order valence-corrected chi connectivity index (χ2v) is 4.96. The van der Waals surface area contributed by atoms with Gasteiger partial charge >= 0.3 is 0 Å².